The molecule has 1 N–H and O–H groups in total. The van der Waals surface area contributed by atoms with Gasteiger partial charge in [-0.1, -0.05) is 0 Å². The lowest BCUT2D eigenvalue weighted by Gasteiger charge is -2.35. The molecule has 2 amide bonds. The summed E-state index contributed by atoms with van der Waals surface area (Å²) in [5, 5.41) is 2.69. The number of carbonyl (C=O) groups is 2. The first-order valence-corrected chi connectivity index (χ1v) is 8.95. The van der Waals surface area contributed by atoms with Gasteiger partial charge in [0, 0.05) is 58.5 Å². The van der Waals surface area contributed by atoms with Crippen molar-refractivity contribution >= 4 is 17.8 Å². The van der Waals surface area contributed by atoms with Crippen molar-refractivity contribution in [1.29, 1.82) is 0 Å². The molecule has 3 heterocycles. The molecule has 2 saturated heterocycles. The zero-order valence-corrected chi connectivity index (χ0v) is 15.0. The van der Waals surface area contributed by atoms with Gasteiger partial charge in [0.05, 0.1) is 19.1 Å². The SMILES string of the molecule is CC(=O)NC[C@@H]1C[C@H](F)CN1C(=O)CN1CCN(c2ncccn2)CC1. The third-order valence-corrected chi connectivity index (χ3v) is 4.84. The number of anilines is 1. The van der Waals surface area contributed by atoms with Gasteiger partial charge in [-0.15, -0.1) is 0 Å². The molecule has 1 aromatic heterocycles. The first-order chi connectivity index (χ1) is 12.5. The summed E-state index contributed by atoms with van der Waals surface area (Å²) in [7, 11) is 0. The number of likely N-dealkylation sites (tertiary alicyclic amines) is 1. The number of hydrogen-bond acceptors (Lipinski definition) is 6. The molecule has 2 aliphatic heterocycles. The fourth-order valence-corrected chi connectivity index (χ4v) is 3.46. The van der Waals surface area contributed by atoms with Gasteiger partial charge >= 0.3 is 0 Å². The Morgan fingerprint density at radius 2 is 1.92 bits per heavy atom. The van der Waals surface area contributed by atoms with E-state index in [2.05, 4.69) is 25.1 Å². The van der Waals surface area contributed by atoms with Crippen LogP contribution in [-0.2, 0) is 9.59 Å². The third kappa shape index (κ3) is 4.66. The normalized spacial score (nSPS) is 23.9. The summed E-state index contributed by atoms with van der Waals surface area (Å²) >= 11 is 0. The number of amides is 2. The summed E-state index contributed by atoms with van der Waals surface area (Å²) in [5.41, 5.74) is 0. The Labute approximate surface area is 152 Å². The molecule has 142 valence electrons. The molecule has 0 unspecified atom stereocenters. The van der Waals surface area contributed by atoms with Crippen molar-refractivity contribution in [2.45, 2.75) is 25.6 Å². The average Bonchev–Trinajstić information content (AvgIpc) is 3.02. The van der Waals surface area contributed by atoms with Crippen LogP contribution < -0.4 is 10.2 Å². The molecule has 0 bridgehead atoms. The maximum absolute atomic E-state index is 13.8. The topological polar surface area (TPSA) is 81.7 Å². The summed E-state index contributed by atoms with van der Waals surface area (Å²) in [5.74, 6) is 0.456. The van der Waals surface area contributed by atoms with Crippen LogP contribution in [0.25, 0.3) is 0 Å². The number of alkyl halides is 1. The summed E-state index contributed by atoms with van der Waals surface area (Å²) in [6.45, 7) is 5.06. The van der Waals surface area contributed by atoms with Crippen LogP contribution in [0.5, 0.6) is 0 Å². The van der Waals surface area contributed by atoms with E-state index in [0.29, 0.717) is 12.5 Å². The third-order valence-electron chi connectivity index (χ3n) is 4.84. The molecule has 1 aromatic rings. The highest BCUT2D eigenvalue weighted by molar-refractivity contribution is 5.79. The highest BCUT2D eigenvalue weighted by Gasteiger charge is 2.36. The Morgan fingerprint density at radius 1 is 1.23 bits per heavy atom. The summed E-state index contributed by atoms with van der Waals surface area (Å²) in [4.78, 5) is 38.0. The molecule has 0 aromatic carbocycles. The number of halogens is 1. The number of rotatable bonds is 5. The first kappa shape index (κ1) is 18.5. The molecule has 2 atom stereocenters. The van der Waals surface area contributed by atoms with Crippen LogP contribution in [-0.4, -0.2) is 89.6 Å². The summed E-state index contributed by atoms with van der Waals surface area (Å²) in [6, 6.07) is 1.52. The highest BCUT2D eigenvalue weighted by atomic mass is 19.1. The number of nitrogens with one attached hydrogen (secondary N) is 1. The predicted molar refractivity (Wildman–Crippen MR) is 94.4 cm³/mol. The van der Waals surface area contributed by atoms with Gasteiger partial charge in [-0.2, -0.15) is 0 Å². The van der Waals surface area contributed by atoms with E-state index >= 15 is 0 Å². The minimum Gasteiger partial charge on any atom is -0.354 e. The Kier molecular flexibility index (Phi) is 5.97. The molecule has 0 aliphatic carbocycles. The minimum atomic E-state index is -1.02. The minimum absolute atomic E-state index is 0.0788. The van der Waals surface area contributed by atoms with E-state index in [1.54, 1.807) is 23.4 Å². The van der Waals surface area contributed by atoms with Crippen LogP contribution in [0.4, 0.5) is 10.3 Å². The van der Waals surface area contributed by atoms with E-state index in [-0.39, 0.29) is 37.4 Å². The molecule has 2 aliphatic rings. The smallest absolute Gasteiger partial charge is 0.237 e. The Morgan fingerprint density at radius 3 is 2.58 bits per heavy atom. The quantitative estimate of drug-likeness (QED) is 0.771. The average molecular weight is 364 g/mol. The van der Waals surface area contributed by atoms with Gasteiger partial charge in [0.15, 0.2) is 0 Å². The van der Waals surface area contributed by atoms with Gasteiger partial charge in [0.2, 0.25) is 17.8 Å². The van der Waals surface area contributed by atoms with E-state index in [1.165, 1.54) is 6.92 Å². The van der Waals surface area contributed by atoms with E-state index in [4.69, 9.17) is 0 Å². The van der Waals surface area contributed by atoms with Crippen LogP contribution in [0, 0.1) is 0 Å². The largest absolute Gasteiger partial charge is 0.354 e. The first-order valence-electron chi connectivity index (χ1n) is 8.95. The number of piperazine rings is 1. The van der Waals surface area contributed by atoms with Crippen molar-refractivity contribution in [2.24, 2.45) is 0 Å². The molecule has 26 heavy (non-hydrogen) atoms. The van der Waals surface area contributed by atoms with Crippen LogP contribution in [0.1, 0.15) is 13.3 Å². The fourth-order valence-electron chi connectivity index (χ4n) is 3.46. The van der Waals surface area contributed by atoms with Gasteiger partial charge in [-0.3, -0.25) is 14.5 Å². The number of nitrogens with zero attached hydrogens (tertiary/aromatic N) is 5. The van der Waals surface area contributed by atoms with Gasteiger partial charge in [0.1, 0.15) is 6.17 Å². The number of hydrogen-bond donors (Lipinski definition) is 1. The zero-order chi connectivity index (χ0) is 18.5. The molecule has 2 fully saturated rings. The Hall–Kier alpha value is -2.29. The van der Waals surface area contributed by atoms with Crippen LogP contribution in [0.15, 0.2) is 18.5 Å². The van der Waals surface area contributed by atoms with E-state index < -0.39 is 6.17 Å². The predicted octanol–water partition coefficient (Wildman–Crippen LogP) is -0.326. The second-order valence-corrected chi connectivity index (χ2v) is 6.78. The van der Waals surface area contributed by atoms with Crippen LogP contribution >= 0.6 is 0 Å². The van der Waals surface area contributed by atoms with Crippen molar-refractivity contribution in [3.05, 3.63) is 18.5 Å². The van der Waals surface area contributed by atoms with Gasteiger partial charge in [0.25, 0.3) is 0 Å². The zero-order valence-electron chi connectivity index (χ0n) is 15.0. The lowest BCUT2D eigenvalue weighted by molar-refractivity contribution is -0.134. The molecular weight excluding hydrogens is 339 g/mol. The monoisotopic (exact) mass is 364 g/mol. The molecule has 0 spiro atoms. The molecule has 0 radical (unpaired) electrons. The molecule has 0 saturated carbocycles. The second-order valence-electron chi connectivity index (χ2n) is 6.78. The van der Waals surface area contributed by atoms with Crippen LogP contribution in [0.3, 0.4) is 0 Å². The Bertz CT molecular complexity index is 623. The number of carbonyl (C=O) groups excluding carboxylic acids is 2. The molecular formula is C17H25FN6O2. The Balaban J connectivity index is 1.49. The summed E-state index contributed by atoms with van der Waals surface area (Å²) in [6.07, 6.45) is 2.69. The highest BCUT2D eigenvalue weighted by Crippen LogP contribution is 2.20. The maximum Gasteiger partial charge on any atom is 0.237 e. The number of aromatic nitrogens is 2. The standard InChI is InChI=1S/C17H25FN6O2/c1-13(25)21-10-15-9-14(18)11-24(15)16(26)12-22-5-7-23(8-6-22)17-19-3-2-4-20-17/h2-4,14-15H,5-12H2,1H3,(H,21,25)/t14-,15-/m0/s1. The van der Waals surface area contributed by atoms with E-state index in [1.807, 2.05) is 0 Å². The maximum atomic E-state index is 13.8. The van der Waals surface area contributed by atoms with Crippen molar-refractivity contribution in [2.75, 3.05) is 50.7 Å². The van der Waals surface area contributed by atoms with E-state index in [0.717, 1.165) is 26.2 Å². The van der Waals surface area contributed by atoms with Gasteiger partial charge < -0.3 is 15.1 Å². The van der Waals surface area contributed by atoms with Gasteiger partial charge in [-0.05, 0) is 6.07 Å². The van der Waals surface area contributed by atoms with Crippen molar-refractivity contribution in [1.82, 2.24) is 25.1 Å². The molecule has 3 rings (SSSR count). The van der Waals surface area contributed by atoms with E-state index in [9.17, 15) is 14.0 Å². The van der Waals surface area contributed by atoms with Crippen LogP contribution in [0.2, 0.25) is 0 Å². The van der Waals surface area contributed by atoms with Gasteiger partial charge in [-0.25, -0.2) is 14.4 Å². The lowest BCUT2D eigenvalue weighted by atomic mass is 10.2. The van der Waals surface area contributed by atoms with Crippen molar-refractivity contribution < 1.29 is 14.0 Å². The fraction of sp³-hybridized carbons (Fsp3) is 0.647. The molecule has 8 nitrogen and oxygen atoms in total. The lowest BCUT2D eigenvalue weighted by Crippen LogP contribution is -2.52. The summed E-state index contributed by atoms with van der Waals surface area (Å²) < 4.78 is 13.8. The van der Waals surface area contributed by atoms with Crippen molar-refractivity contribution in [3.8, 4) is 0 Å². The van der Waals surface area contributed by atoms with Crippen molar-refractivity contribution in [3.63, 3.8) is 0 Å². The second kappa shape index (κ2) is 8.39. The molecule has 9 heteroatoms.